The molecule has 2 N–H and O–H groups in total. The van der Waals surface area contributed by atoms with Gasteiger partial charge < -0.3 is 14.4 Å². The molecule has 3 heterocycles. The number of nitrogens with zero attached hydrogens (tertiary/aromatic N) is 4. The average molecular weight is 379 g/mol. The fourth-order valence-electron chi connectivity index (χ4n) is 2.89. The fourth-order valence-corrected chi connectivity index (χ4v) is 2.89. The van der Waals surface area contributed by atoms with Gasteiger partial charge in [-0.2, -0.15) is 5.10 Å². The van der Waals surface area contributed by atoms with E-state index in [1.54, 1.807) is 12.3 Å². The molecule has 0 atom stereocenters. The molecule has 4 rings (SSSR count). The SMILES string of the molecule is O=C(O)c1cnn(-c2nc3ccn(CCCOc4ccccc4)c3c(=O)[nH]2)c1. The molecular formula is C19H17N5O4. The highest BCUT2D eigenvalue weighted by Gasteiger charge is 2.12. The number of H-pyrrole nitrogens is 1. The molecule has 0 amide bonds. The van der Waals surface area contributed by atoms with Gasteiger partial charge in [-0.25, -0.2) is 14.5 Å². The Bertz CT molecular complexity index is 1180. The van der Waals surface area contributed by atoms with E-state index in [4.69, 9.17) is 9.84 Å². The summed E-state index contributed by atoms with van der Waals surface area (Å²) in [7, 11) is 0. The average Bonchev–Trinajstić information content (AvgIpc) is 3.34. The number of aromatic amines is 1. The van der Waals surface area contributed by atoms with Crippen molar-refractivity contribution < 1.29 is 14.6 Å². The predicted molar refractivity (Wildman–Crippen MR) is 101 cm³/mol. The maximum atomic E-state index is 12.5. The van der Waals surface area contributed by atoms with E-state index in [1.807, 2.05) is 34.9 Å². The first-order valence-electron chi connectivity index (χ1n) is 8.67. The van der Waals surface area contributed by atoms with Crippen LogP contribution in [0.1, 0.15) is 16.8 Å². The molecule has 0 bridgehead atoms. The number of ether oxygens (including phenoxy) is 1. The number of nitrogens with one attached hydrogen (secondary N) is 1. The number of aryl methyl sites for hydroxylation is 1. The number of hydrogen-bond donors (Lipinski definition) is 2. The van der Waals surface area contributed by atoms with E-state index in [0.29, 0.717) is 24.2 Å². The summed E-state index contributed by atoms with van der Waals surface area (Å²) in [6.07, 6.45) is 5.01. The molecule has 9 heteroatoms. The largest absolute Gasteiger partial charge is 0.494 e. The maximum absolute atomic E-state index is 12.5. The van der Waals surface area contributed by atoms with Crippen LogP contribution < -0.4 is 10.3 Å². The van der Waals surface area contributed by atoms with Crippen molar-refractivity contribution in [3.8, 4) is 11.7 Å². The topological polar surface area (TPSA) is 115 Å². The van der Waals surface area contributed by atoms with Crippen LogP contribution in [0, 0.1) is 0 Å². The zero-order valence-corrected chi connectivity index (χ0v) is 14.8. The van der Waals surface area contributed by atoms with Crippen LogP contribution >= 0.6 is 0 Å². The highest BCUT2D eigenvalue weighted by Crippen LogP contribution is 2.13. The Morgan fingerprint density at radius 1 is 1.21 bits per heavy atom. The van der Waals surface area contributed by atoms with E-state index in [1.165, 1.54) is 17.1 Å². The van der Waals surface area contributed by atoms with E-state index >= 15 is 0 Å². The Kier molecular flexibility index (Phi) is 4.63. The Hall–Kier alpha value is -3.88. The molecule has 0 aliphatic rings. The summed E-state index contributed by atoms with van der Waals surface area (Å²) in [6.45, 7) is 1.13. The number of aromatic nitrogens is 5. The van der Waals surface area contributed by atoms with Gasteiger partial charge in [-0.3, -0.25) is 9.78 Å². The summed E-state index contributed by atoms with van der Waals surface area (Å²) in [5, 5.41) is 12.9. The molecule has 4 aromatic rings. The molecule has 0 fully saturated rings. The Labute approximate surface area is 158 Å². The Balaban J connectivity index is 1.50. The summed E-state index contributed by atoms with van der Waals surface area (Å²) < 4.78 is 8.73. The van der Waals surface area contributed by atoms with Crippen molar-refractivity contribution in [3.05, 3.63) is 70.9 Å². The molecule has 0 unspecified atom stereocenters. The second-order valence-corrected chi connectivity index (χ2v) is 6.13. The van der Waals surface area contributed by atoms with Crippen molar-refractivity contribution >= 4 is 17.0 Å². The van der Waals surface area contributed by atoms with Gasteiger partial charge in [0.15, 0.2) is 0 Å². The van der Waals surface area contributed by atoms with E-state index in [2.05, 4.69) is 15.1 Å². The summed E-state index contributed by atoms with van der Waals surface area (Å²) in [4.78, 5) is 30.6. The number of carbonyl (C=O) groups is 1. The smallest absolute Gasteiger partial charge is 0.338 e. The third-order valence-corrected chi connectivity index (χ3v) is 4.21. The monoisotopic (exact) mass is 379 g/mol. The Morgan fingerprint density at radius 3 is 2.79 bits per heavy atom. The lowest BCUT2D eigenvalue weighted by atomic mass is 10.3. The van der Waals surface area contributed by atoms with Gasteiger partial charge in [0.05, 0.1) is 23.9 Å². The minimum atomic E-state index is -1.10. The van der Waals surface area contributed by atoms with Crippen molar-refractivity contribution in [2.24, 2.45) is 0 Å². The van der Waals surface area contributed by atoms with Gasteiger partial charge in [0.1, 0.15) is 11.3 Å². The lowest BCUT2D eigenvalue weighted by Gasteiger charge is -2.07. The second-order valence-electron chi connectivity index (χ2n) is 6.13. The third kappa shape index (κ3) is 3.50. The molecule has 9 nitrogen and oxygen atoms in total. The van der Waals surface area contributed by atoms with Crippen molar-refractivity contribution in [1.29, 1.82) is 0 Å². The normalized spacial score (nSPS) is 11.0. The molecule has 28 heavy (non-hydrogen) atoms. The van der Waals surface area contributed by atoms with Crippen molar-refractivity contribution in [3.63, 3.8) is 0 Å². The summed E-state index contributed by atoms with van der Waals surface area (Å²) in [5.41, 5.74) is 0.657. The summed E-state index contributed by atoms with van der Waals surface area (Å²) in [6, 6.07) is 11.3. The first-order valence-corrected chi connectivity index (χ1v) is 8.67. The van der Waals surface area contributed by atoms with Gasteiger partial charge >= 0.3 is 5.97 Å². The number of benzene rings is 1. The first-order chi connectivity index (χ1) is 13.6. The second kappa shape index (κ2) is 7.39. The molecule has 1 aromatic carbocycles. The molecular weight excluding hydrogens is 362 g/mol. The van der Waals surface area contributed by atoms with Gasteiger partial charge in [0, 0.05) is 18.9 Å². The number of aromatic carboxylic acids is 1. The molecule has 3 aromatic heterocycles. The molecule has 0 saturated heterocycles. The van der Waals surface area contributed by atoms with E-state index in [0.717, 1.165) is 12.2 Å². The van der Waals surface area contributed by atoms with E-state index in [9.17, 15) is 9.59 Å². The van der Waals surface area contributed by atoms with Gasteiger partial charge in [0.2, 0.25) is 5.95 Å². The van der Waals surface area contributed by atoms with Crippen LogP contribution in [0.15, 0.2) is 59.8 Å². The molecule has 0 aliphatic carbocycles. The molecule has 0 aliphatic heterocycles. The molecule has 0 saturated carbocycles. The van der Waals surface area contributed by atoms with Crippen LogP contribution in [0.5, 0.6) is 5.75 Å². The Morgan fingerprint density at radius 2 is 2.04 bits per heavy atom. The van der Waals surface area contributed by atoms with Crippen LogP contribution in [0.3, 0.4) is 0 Å². The van der Waals surface area contributed by atoms with Crippen molar-refractivity contribution in [2.45, 2.75) is 13.0 Å². The lowest BCUT2D eigenvalue weighted by molar-refractivity contribution is 0.0697. The van der Waals surface area contributed by atoms with Crippen LogP contribution in [-0.2, 0) is 6.54 Å². The summed E-state index contributed by atoms with van der Waals surface area (Å²) in [5.74, 6) is -0.127. The van der Waals surface area contributed by atoms with Gasteiger partial charge in [-0.1, -0.05) is 18.2 Å². The highest BCUT2D eigenvalue weighted by atomic mass is 16.5. The van der Waals surface area contributed by atoms with E-state index < -0.39 is 5.97 Å². The number of rotatable bonds is 7. The first kappa shape index (κ1) is 17.5. The number of hydrogen-bond acceptors (Lipinski definition) is 5. The quantitative estimate of drug-likeness (QED) is 0.475. The van der Waals surface area contributed by atoms with Crippen molar-refractivity contribution in [1.82, 2.24) is 24.3 Å². The van der Waals surface area contributed by atoms with Gasteiger partial charge in [-0.15, -0.1) is 0 Å². The standard InChI is InChI=1S/C19H17N5O4/c25-17-16-15(21-19(22-17)24-12-13(11-20-24)18(26)27)7-9-23(16)8-4-10-28-14-5-2-1-3-6-14/h1-3,5-7,9,11-12H,4,8,10H2,(H,26,27)(H,21,22,25). The lowest BCUT2D eigenvalue weighted by Crippen LogP contribution is -2.16. The van der Waals surface area contributed by atoms with E-state index in [-0.39, 0.29) is 17.1 Å². The van der Waals surface area contributed by atoms with Crippen LogP contribution in [-0.4, -0.2) is 42.0 Å². The van der Waals surface area contributed by atoms with Crippen molar-refractivity contribution in [2.75, 3.05) is 6.61 Å². The maximum Gasteiger partial charge on any atom is 0.338 e. The minimum absolute atomic E-state index is 0.0127. The molecule has 0 radical (unpaired) electrons. The van der Waals surface area contributed by atoms with Crippen LogP contribution in [0.25, 0.3) is 17.0 Å². The predicted octanol–water partition coefficient (Wildman–Crippen LogP) is 2.08. The third-order valence-electron chi connectivity index (χ3n) is 4.21. The van der Waals surface area contributed by atoms with Gasteiger partial charge in [-0.05, 0) is 24.6 Å². The number of carboxylic acids is 1. The van der Waals surface area contributed by atoms with Crippen LogP contribution in [0.4, 0.5) is 0 Å². The zero-order chi connectivity index (χ0) is 19.5. The molecule has 0 spiro atoms. The minimum Gasteiger partial charge on any atom is -0.494 e. The van der Waals surface area contributed by atoms with Crippen LogP contribution in [0.2, 0.25) is 0 Å². The zero-order valence-electron chi connectivity index (χ0n) is 14.8. The fraction of sp³-hybridized carbons (Fsp3) is 0.158. The van der Waals surface area contributed by atoms with Gasteiger partial charge in [0.25, 0.3) is 5.56 Å². The molecule has 142 valence electrons. The number of para-hydroxylation sites is 1. The number of carboxylic acid groups (broad SMARTS) is 1. The summed E-state index contributed by atoms with van der Waals surface area (Å²) >= 11 is 0. The number of fused-ring (bicyclic) bond motifs is 1. The highest BCUT2D eigenvalue weighted by molar-refractivity contribution is 5.87.